The molecule has 1 aromatic rings. The highest BCUT2D eigenvalue weighted by Gasteiger charge is 2.18. The van der Waals surface area contributed by atoms with Crippen molar-refractivity contribution in [3.05, 3.63) is 30.4 Å². The molecule has 88 valence electrons. The lowest BCUT2D eigenvalue weighted by atomic mass is 10.0. The first-order valence-electron chi connectivity index (χ1n) is 4.95. The van der Waals surface area contributed by atoms with Gasteiger partial charge in [0.2, 0.25) is 0 Å². The summed E-state index contributed by atoms with van der Waals surface area (Å²) in [5.41, 5.74) is 6.73. The Balaban J connectivity index is 3.26. The third-order valence-corrected chi connectivity index (χ3v) is 2.32. The molecule has 3 N–H and O–H groups in total. The number of phenolic OH excluding ortho intramolecular Hbond substituents is 1. The zero-order valence-corrected chi connectivity index (χ0v) is 9.56. The highest BCUT2D eigenvalue weighted by molar-refractivity contribution is 5.51. The summed E-state index contributed by atoms with van der Waals surface area (Å²) in [6.07, 6.45) is 2.34. The van der Waals surface area contributed by atoms with Crippen molar-refractivity contribution in [1.29, 1.82) is 0 Å². The number of methoxy groups -OCH3 is 2. The third-order valence-electron chi connectivity index (χ3n) is 2.32. The lowest BCUT2D eigenvalue weighted by Crippen LogP contribution is -2.12. The van der Waals surface area contributed by atoms with Crippen molar-refractivity contribution in [1.82, 2.24) is 0 Å². The molecule has 0 aliphatic rings. The van der Waals surface area contributed by atoms with Gasteiger partial charge in [0, 0.05) is 18.2 Å². The minimum Gasteiger partial charge on any atom is -0.508 e. The molecule has 1 atom stereocenters. The van der Waals surface area contributed by atoms with Crippen LogP contribution in [-0.2, 0) is 0 Å². The van der Waals surface area contributed by atoms with E-state index in [-0.39, 0.29) is 11.8 Å². The Kier molecular flexibility index (Phi) is 4.19. The molecule has 0 fully saturated rings. The van der Waals surface area contributed by atoms with Gasteiger partial charge < -0.3 is 20.3 Å². The lowest BCUT2D eigenvalue weighted by molar-refractivity contribution is 0.371. The Bertz CT molecular complexity index is 352. The van der Waals surface area contributed by atoms with Crippen LogP contribution in [-0.4, -0.2) is 19.3 Å². The maximum Gasteiger partial charge on any atom is 0.131 e. The van der Waals surface area contributed by atoms with Crippen molar-refractivity contribution in [2.45, 2.75) is 12.5 Å². The standard InChI is InChI=1S/C12H17NO3/c1-4-5-9(13)12-10(15-2)6-8(14)7-11(12)16-3/h4,6-7,9,14H,1,5,13H2,2-3H3/t9-/m0/s1. The SMILES string of the molecule is C=CC[C@H](N)c1c(OC)cc(O)cc1OC. The average molecular weight is 223 g/mol. The number of benzene rings is 1. The minimum absolute atomic E-state index is 0.0863. The molecule has 0 aliphatic heterocycles. The summed E-state index contributed by atoms with van der Waals surface area (Å²) < 4.78 is 10.4. The summed E-state index contributed by atoms with van der Waals surface area (Å²) in [7, 11) is 3.05. The summed E-state index contributed by atoms with van der Waals surface area (Å²) >= 11 is 0. The number of ether oxygens (including phenoxy) is 2. The van der Waals surface area contributed by atoms with Crippen LogP contribution in [0.4, 0.5) is 0 Å². The average Bonchev–Trinajstić information content (AvgIpc) is 2.27. The maximum atomic E-state index is 9.47. The molecule has 16 heavy (non-hydrogen) atoms. The predicted octanol–water partition coefficient (Wildman–Crippen LogP) is 1.99. The van der Waals surface area contributed by atoms with Crippen LogP contribution in [0.1, 0.15) is 18.0 Å². The molecule has 0 saturated carbocycles. The van der Waals surface area contributed by atoms with Gasteiger partial charge in [-0.15, -0.1) is 6.58 Å². The van der Waals surface area contributed by atoms with E-state index in [1.807, 2.05) is 0 Å². The fraction of sp³-hybridized carbons (Fsp3) is 0.333. The van der Waals surface area contributed by atoms with Crippen LogP contribution in [0, 0.1) is 0 Å². The number of phenols is 1. The predicted molar refractivity (Wildman–Crippen MR) is 63.0 cm³/mol. The first-order valence-corrected chi connectivity index (χ1v) is 4.95. The molecule has 0 aromatic heterocycles. The van der Waals surface area contributed by atoms with Gasteiger partial charge >= 0.3 is 0 Å². The lowest BCUT2D eigenvalue weighted by Gasteiger charge is -2.18. The van der Waals surface area contributed by atoms with E-state index in [2.05, 4.69) is 6.58 Å². The van der Waals surface area contributed by atoms with Gasteiger partial charge in [0.1, 0.15) is 17.2 Å². The minimum atomic E-state index is -0.261. The van der Waals surface area contributed by atoms with Crippen molar-refractivity contribution in [3.8, 4) is 17.2 Å². The van der Waals surface area contributed by atoms with Crippen LogP contribution in [0.25, 0.3) is 0 Å². The van der Waals surface area contributed by atoms with Crippen molar-refractivity contribution in [3.63, 3.8) is 0 Å². The topological polar surface area (TPSA) is 64.7 Å². The van der Waals surface area contributed by atoms with Gasteiger partial charge in [0.15, 0.2) is 0 Å². The van der Waals surface area contributed by atoms with Crippen LogP contribution >= 0.6 is 0 Å². The largest absolute Gasteiger partial charge is 0.508 e. The van der Waals surface area contributed by atoms with E-state index in [1.165, 1.54) is 26.4 Å². The van der Waals surface area contributed by atoms with Crippen LogP contribution < -0.4 is 15.2 Å². The summed E-state index contributed by atoms with van der Waals surface area (Å²) in [5, 5.41) is 9.47. The molecule has 0 spiro atoms. The van der Waals surface area contributed by atoms with Crippen LogP contribution in [0.15, 0.2) is 24.8 Å². The third kappa shape index (κ3) is 2.46. The van der Waals surface area contributed by atoms with Crippen LogP contribution in [0.3, 0.4) is 0 Å². The van der Waals surface area contributed by atoms with Crippen molar-refractivity contribution >= 4 is 0 Å². The second-order valence-corrected chi connectivity index (χ2v) is 3.39. The smallest absolute Gasteiger partial charge is 0.131 e. The quantitative estimate of drug-likeness (QED) is 0.749. The number of rotatable bonds is 5. The van der Waals surface area contributed by atoms with Gasteiger partial charge in [-0.05, 0) is 6.42 Å². The van der Waals surface area contributed by atoms with Gasteiger partial charge in [-0.2, -0.15) is 0 Å². The highest BCUT2D eigenvalue weighted by atomic mass is 16.5. The zero-order valence-electron chi connectivity index (χ0n) is 9.56. The number of nitrogens with two attached hydrogens (primary N) is 1. The van der Waals surface area contributed by atoms with E-state index >= 15 is 0 Å². The number of hydrogen-bond donors (Lipinski definition) is 2. The van der Waals surface area contributed by atoms with E-state index < -0.39 is 0 Å². The van der Waals surface area contributed by atoms with Gasteiger partial charge in [0.05, 0.1) is 19.8 Å². The first-order chi connectivity index (χ1) is 7.63. The molecule has 1 rings (SSSR count). The maximum absolute atomic E-state index is 9.47. The summed E-state index contributed by atoms with van der Waals surface area (Å²) in [6, 6.07) is 2.77. The number of hydrogen-bond acceptors (Lipinski definition) is 4. The van der Waals surface area contributed by atoms with Gasteiger partial charge in [-0.25, -0.2) is 0 Å². The Hall–Kier alpha value is -1.68. The molecule has 1 aromatic carbocycles. The van der Waals surface area contributed by atoms with E-state index in [0.717, 1.165) is 5.56 Å². The van der Waals surface area contributed by atoms with Gasteiger partial charge in [-0.1, -0.05) is 6.08 Å². The second kappa shape index (κ2) is 5.42. The van der Waals surface area contributed by atoms with Crippen molar-refractivity contribution in [2.75, 3.05) is 14.2 Å². The van der Waals surface area contributed by atoms with Crippen molar-refractivity contribution in [2.24, 2.45) is 5.73 Å². The van der Waals surface area contributed by atoms with Gasteiger partial charge in [0.25, 0.3) is 0 Å². The molecule has 0 amide bonds. The monoisotopic (exact) mass is 223 g/mol. The summed E-state index contributed by atoms with van der Waals surface area (Å²) in [4.78, 5) is 0. The molecule has 0 heterocycles. The van der Waals surface area contributed by atoms with E-state index in [9.17, 15) is 5.11 Å². The Labute approximate surface area is 95.3 Å². The molecule has 4 nitrogen and oxygen atoms in total. The number of aromatic hydroxyl groups is 1. The summed E-state index contributed by atoms with van der Waals surface area (Å²) in [5.74, 6) is 1.13. The molecule has 0 saturated heterocycles. The van der Waals surface area contributed by atoms with E-state index in [4.69, 9.17) is 15.2 Å². The molecular formula is C12H17NO3. The molecule has 0 unspecified atom stereocenters. The van der Waals surface area contributed by atoms with E-state index in [1.54, 1.807) is 6.08 Å². The zero-order chi connectivity index (χ0) is 12.1. The highest BCUT2D eigenvalue weighted by Crippen LogP contribution is 2.38. The first kappa shape index (κ1) is 12.4. The molecule has 0 aliphatic carbocycles. The molecule has 0 bridgehead atoms. The normalized spacial score (nSPS) is 11.9. The fourth-order valence-electron chi connectivity index (χ4n) is 1.59. The second-order valence-electron chi connectivity index (χ2n) is 3.39. The molecule has 4 heteroatoms. The van der Waals surface area contributed by atoms with Gasteiger partial charge in [-0.3, -0.25) is 0 Å². The Morgan fingerprint density at radius 3 is 2.25 bits per heavy atom. The summed E-state index contributed by atoms with van der Waals surface area (Å²) in [6.45, 7) is 3.64. The Morgan fingerprint density at radius 2 is 1.88 bits per heavy atom. The molecule has 0 radical (unpaired) electrons. The molecular weight excluding hydrogens is 206 g/mol. The Morgan fingerprint density at radius 1 is 1.38 bits per heavy atom. The van der Waals surface area contributed by atoms with Crippen molar-refractivity contribution < 1.29 is 14.6 Å². The van der Waals surface area contributed by atoms with E-state index in [0.29, 0.717) is 17.9 Å². The van der Waals surface area contributed by atoms with Crippen LogP contribution in [0.2, 0.25) is 0 Å². The fourth-order valence-corrected chi connectivity index (χ4v) is 1.59. The van der Waals surface area contributed by atoms with Crippen LogP contribution in [0.5, 0.6) is 17.2 Å².